The number of piperidine rings is 2. The van der Waals surface area contributed by atoms with E-state index in [0.29, 0.717) is 16.4 Å². The van der Waals surface area contributed by atoms with E-state index in [4.69, 9.17) is 11.6 Å². The lowest BCUT2D eigenvalue weighted by molar-refractivity contribution is 0.0724. The maximum atomic E-state index is 12.6. The highest BCUT2D eigenvalue weighted by molar-refractivity contribution is 6.33. The first-order chi connectivity index (χ1) is 13.7. The number of nitrogens with zero attached hydrogens (tertiary/aromatic N) is 3. The average Bonchev–Trinajstić information content (AvgIpc) is 2.76. The summed E-state index contributed by atoms with van der Waals surface area (Å²) in [6.45, 7) is 3.90. The van der Waals surface area contributed by atoms with Gasteiger partial charge in [0.05, 0.1) is 10.6 Å². The predicted octanol–water partition coefficient (Wildman–Crippen LogP) is 5.10. The van der Waals surface area contributed by atoms with E-state index in [-0.39, 0.29) is 5.91 Å². The molecule has 2 aliphatic heterocycles. The molecule has 148 valence electrons. The molecule has 2 saturated heterocycles. The molecule has 0 radical (unpaired) electrons. The molecule has 5 nitrogen and oxygen atoms in total. The maximum absolute atomic E-state index is 12.6. The number of pyridine rings is 1. The van der Waals surface area contributed by atoms with E-state index in [1.165, 1.54) is 31.4 Å². The van der Waals surface area contributed by atoms with Crippen LogP contribution in [0.15, 0.2) is 36.5 Å². The molecule has 0 atom stereocenters. The van der Waals surface area contributed by atoms with Crippen LogP contribution in [0.5, 0.6) is 0 Å². The number of amides is 1. The Morgan fingerprint density at radius 2 is 1.57 bits per heavy atom. The van der Waals surface area contributed by atoms with Gasteiger partial charge in [0.25, 0.3) is 5.91 Å². The highest BCUT2D eigenvalue weighted by Crippen LogP contribution is 2.27. The van der Waals surface area contributed by atoms with Gasteiger partial charge in [-0.3, -0.25) is 4.79 Å². The van der Waals surface area contributed by atoms with Crippen molar-refractivity contribution in [1.29, 1.82) is 0 Å². The van der Waals surface area contributed by atoms with Crippen LogP contribution in [0.2, 0.25) is 5.02 Å². The molecule has 1 aromatic carbocycles. The van der Waals surface area contributed by atoms with Crippen molar-refractivity contribution < 1.29 is 4.79 Å². The van der Waals surface area contributed by atoms with Crippen molar-refractivity contribution in [2.24, 2.45) is 0 Å². The molecule has 2 aliphatic rings. The molecule has 28 heavy (non-hydrogen) atoms. The summed E-state index contributed by atoms with van der Waals surface area (Å²) >= 11 is 6.41. The van der Waals surface area contributed by atoms with Crippen LogP contribution in [-0.4, -0.2) is 42.0 Å². The molecule has 2 fully saturated rings. The molecule has 4 rings (SSSR count). The predicted molar refractivity (Wildman–Crippen MR) is 115 cm³/mol. The molecule has 3 heterocycles. The molecule has 0 spiro atoms. The summed E-state index contributed by atoms with van der Waals surface area (Å²) in [4.78, 5) is 21.3. The third-order valence-electron chi connectivity index (χ3n) is 5.58. The van der Waals surface area contributed by atoms with Gasteiger partial charge in [0.15, 0.2) is 0 Å². The molecule has 6 heteroatoms. The maximum Gasteiger partial charge on any atom is 0.255 e. The molecule has 1 N–H and O–H groups in total. The summed E-state index contributed by atoms with van der Waals surface area (Å²) in [7, 11) is 0. The summed E-state index contributed by atoms with van der Waals surface area (Å²) in [5, 5.41) is 3.72. The van der Waals surface area contributed by atoms with Crippen LogP contribution >= 0.6 is 11.6 Å². The fraction of sp³-hybridized carbons (Fsp3) is 0.455. The van der Waals surface area contributed by atoms with E-state index >= 15 is 0 Å². The highest BCUT2D eigenvalue weighted by atomic mass is 35.5. The lowest BCUT2D eigenvalue weighted by Gasteiger charge is -2.28. The van der Waals surface area contributed by atoms with Gasteiger partial charge in [0, 0.05) is 43.8 Å². The first kappa shape index (κ1) is 19.1. The van der Waals surface area contributed by atoms with Gasteiger partial charge in [-0.25, -0.2) is 4.98 Å². The smallest absolute Gasteiger partial charge is 0.255 e. The third-order valence-corrected chi connectivity index (χ3v) is 5.87. The van der Waals surface area contributed by atoms with Crippen molar-refractivity contribution in [2.45, 2.75) is 38.5 Å². The van der Waals surface area contributed by atoms with Gasteiger partial charge >= 0.3 is 0 Å². The Morgan fingerprint density at radius 3 is 2.21 bits per heavy atom. The van der Waals surface area contributed by atoms with Crippen molar-refractivity contribution in [3.63, 3.8) is 0 Å². The molecule has 0 aliphatic carbocycles. The number of rotatable bonds is 4. The number of carbonyl (C=O) groups is 1. The number of hydrogen-bond donors (Lipinski definition) is 1. The number of carbonyl (C=O) groups excluding carboxylic acids is 1. The van der Waals surface area contributed by atoms with Gasteiger partial charge < -0.3 is 15.1 Å². The summed E-state index contributed by atoms with van der Waals surface area (Å²) < 4.78 is 0. The van der Waals surface area contributed by atoms with E-state index in [2.05, 4.69) is 39.5 Å². The number of halogens is 1. The molecule has 1 amide bonds. The zero-order valence-corrected chi connectivity index (χ0v) is 16.9. The molecule has 1 aromatic heterocycles. The Bertz CT molecular complexity index is 812. The average molecular weight is 399 g/mol. The van der Waals surface area contributed by atoms with Crippen molar-refractivity contribution >= 4 is 34.7 Å². The van der Waals surface area contributed by atoms with Gasteiger partial charge in [-0.2, -0.15) is 0 Å². The molecular formula is C22H27ClN4O. The highest BCUT2D eigenvalue weighted by Gasteiger charge is 2.19. The normalized spacial score (nSPS) is 17.5. The second kappa shape index (κ2) is 8.82. The van der Waals surface area contributed by atoms with E-state index in [1.807, 2.05) is 4.90 Å². The van der Waals surface area contributed by atoms with Crippen LogP contribution in [0.3, 0.4) is 0 Å². The summed E-state index contributed by atoms with van der Waals surface area (Å²) in [6, 6.07) is 10.1. The Balaban J connectivity index is 1.42. The van der Waals surface area contributed by atoms with Crippen molar-refractivity contribution in [3.8, 4) is 0 Å². The van der Waals surface area contributed by atoms with Gasteiger partial charge in [-0.15, -0.1) is 0 Å². The number of hydrogen-bond acceptors (Lipinski definition) is 4. The standard InChI is InChI=1S/C22H27ClN4O/c23-20-15-17(22(28)27-13-5-2-6-14-27)16-24-21(20)25-18-7-9-19(10-8-18)26-11-3-1-4-12-26/h7-10,15-16H,1-6,11-14H2,(H,24,25). The number of aromatic nitrogens is 1. The SMILES string of the molecule is O=C(c1cnc(Nc2ccc(N3CCCCC3)cc2)c(Cl)c1)N1CCCCC1. The Kier molecular flexibility index (Phi) is 6.01. The summed E-state index contributed by atoms with van der Waals surface area (Å²) in [5.41, 5.74) is 2.75. The van der Waals surface area contributed by atoms with Crippen LogP contribution in [0.1, 0.15) is 48.9 Å². The van der Waals surface area contributed by atoms with Crippen molar-refractivity contribution in [1.82, 2.24) is 9.88 Å². The molecule has 2 aromatic rings. The van der Waals surface area contributed by atoms with Crippen LogP contribution in [0.4, 0.5) is 17.2 Å². The largest absolute Gasteiger partial charge is 0.372 e. The minimum atomic E-state index is 0.0199. The zero-order valence-electron chi connectivity index (χ0n) is 16.2. The quantitative estimate of drug-likeness (QED) is 0.778. The summed E-state index contributed by atoms with van der Waals surface area (Å²) in [5.74, 6) is 0.592. The van der Waals surface area contributed by atoms with E-state index < -0.39 is 0 Å². The zero-order chi connectivity index (χ0) is 19.3. The number of likely N-dealkylation sites (tertiary alicyclic amines) is 1. The molecule has 0 saturated carbocycles. The second-order valence-electron chi connectivity index (χ2n) is 7.63. The van der Waals surface area contributed by atoms with Gasteiger partial charge in [0.2, 0.25) is 0 Å². The Labute approximate surface area is 171 Å². The van der Waals surface area contributed by atoms with Gasteiger partial charge in [-0.1, -0.05) is 11.6 Å². The van der Waals surface area contributed by atoms with E-state index in [9.17, 15) is 4.79 Å². The lowest BCUT2D eigenvalue weighted by Crippen LogP contribution is -2.35. The van der Waals surface area contributed by atoms with Gasteiger partial charge in [0.1, 0.15) is 5.82 Å². The minimum absolute atomic E-state index is 0.0199. The fourth-order valence-corrected chi connectivity index (χ4v) is 4.18. The molecule has 0 bridgehead atoms. The number of benzene rings is 1. The van der Waals surface area contributed by atoms with Crippen LogP contribution in [-0.2, 0) is 0 Å². The first-order valence-electron chi connectivity index (χ1n) is 10.3. The topological polar surface area (TPSA) is 48.5 Å². The first-order valence-corrected chi connectivity index (χ1v) is 10.7. The van der Waals surface area contributed by atoms with E-state index in [1.54, 1.807) is 12.3 Å². The fourth-order valence-electron chi connectivity index (χ4n) is 3.97. The monoisotopic (exact) mass is 398 g/mol. The van der Waals surface area contributed by atoms with Crippen LogP contribution < -0.4 is 10.2 Å². The molecule has 0 unspecified atom stereocenters. The lowest BCUT2D eigenvalue weighted by atomic mass is 10.1. The minimum Gasteiger partial charge on any atom is -0.372 e. The van der Waals surface area contributed by atoms with Crippen molar-refractivity contribution in [2.75, 3.05) is 36.4 Å². The number of nitrogens with one attached hydrogen (secondary N) is 1. The Hall–Kier alpha value is -2.27. The molecular weight excluding hydrogens is 372 g/mol. The Morgan fingerprint density at radius 1 is 0.929 bits per heavy atom. The van der Waals surface area contributed by atoms with Crippen LogP contribution in [0.25, 0.3) is 0 Å². The second-order valence-corrected chi connectivity index (χ2v) is 8.03. The van der Waals surface area contributed by atoms with E-state index in [0.717, 1.165) is 44.7 Å². The third kappa shape index (κ3) is 4.41. The number of anilines is 3. The van der Waals surface area contributed by atoms with Crippen LogP contribution in [0, 0.1) is 0 Å². The summed E-state index contributed by atoms with van der Waals surface area (Å²) in [6.07, 6.45) is 8.82. The van der Waals surface area contributed by atoms with Gasteiger partial charge in [-0.05, 0) is 68.9 Å². The van der Waals surface area contributed by atoms with Crippen molar-refractivity contribution in [3.05, 3.63) is 47.1 Å².